The van der Waals surface area contributed by atoms with Gasteiger partial charge in [-0.1, -0.05) is 0 Å². The van der Waals surface area contributed by atoms with Crippen LogP contribution in [0.5, 0.6) is 0 Å². The standard InChI is InChI=1S/C10H13IN2O/c11-10-5-9(6-12-7-10)8-13-1-3-14-4-2-13/h5-7H,1-4,8H2. The Balaban J connectivity index is 1.95. The first-order chi connectivity index (χ1) is 6.84. The zero-order valence-corrected chi connectivity index (χ0v) is 10.1. The summed E-state index contributed by atoms with van der Waals surface area (Å²) < 4.78 is 6.50. The quantitative estimate of drug-likeness (QED) is 0.775. The summed E-state index contributed by atoms with van der Waals surface area (Å²) in [5.74, 6) is 0. The van der Waals surface area contributed by atoms with E-state index in [1.54, 1.807) is 0 Å². The number of rotatable bonds is 2. The molecule has 0 aliphatic carbocycles. The van der Waals surface area contributed by atoms with Crippen molar-refractivity contribution >= 4 is 22.6 Å². The van der Waals surface area contributed by atoms with E-state index in [2.05, 4.69) is 38.5 Å². The van der Waals surface area contributed by atoms with Crippen LogP contribution in [0.3, 0.4) is 0 Å². The first-order valence-corrected chi connectivity index (χ1v) is 5.82. The second-order valence-electron chi connectivity index (χ2n) is 3.40. The predicted octanol–water partition coefficient (Wildman–Crippen LogP) is 1.52. The highest BCUT2D eigenvalue weighted by atomic mass is 127. The molecular formula is C10H13IN2O. The highest BCUT2D eigenvalue weighted by Gasteiger charge is 2.10. The van der Waals surface area contributed by atoms with E-state index < -0.39 is 0 Å². The van der Waals surface area contributed by atoms with Gasteiger partial charge < -0.3 is 4.74 Å². The number of hydrogen-bond donors (Lipinski definition) is 0. The molecule has 76 valence electrons. The molecule has 1 aromatic heterocycles. The van der Waals surface area contributed by atoms with Gasteiger partial charge in [-0.2, -0.15) is 0 Å². The van der Waals surface area contributed by atoms with Crippen molar-refractivity contribution in [2.24, 2.45) is 0 Å². The molecule has 1 aliphatic rings. The Kier molecular flexibility index (Phi) is 3.72. The summed E-state index contributed by atoms with van der Waals surface area (Å²) in [4.78, 5) is 6.58. The van der Waals surface area contributed by atoms with Crippen LogP contribution in [0.25, 0.3) is 0 Å². The van der Waals surface area contributed by atoms with Crippen LogP contribution in [0.4, 0.5) is 0 Å². The number of halogens is 1. The van der Waals surface area contributed by atoms with Crippen LogP contribution in [-0.2, 0) is 11.3 Å². The monoisotopic (exact) mass is 304 g/mol. The average molecular weight is 304 g/mol. The smallest absolute Gasteiger partial charge is 0.0594 e. The van der Waals surface area contributed by atoms with Crippen molar-refractivity contribution in [3.05, 3.63) is 27.6 Å². The van der Waals surface area contributed by atoms with Gasteiger partial charge >= 0.3 is 0 Å². The van der Waals surface area contributed by atoms with Gasteiger partial charge in [-0.3, -0.25) is 9.88 Å². The molecule has 0 saturated carbocycles. The minimum Gasteiger partial charge on any atom is -0.379 e. The third-order valence-electron chi connectivity index (χ3n) is 2.27. The lowest BCUT2D eigenvalue weighted by Gasteiger charge is -2.26. The average Bonchev–Trinajstić information content (AvgIpc) is 2.19. The summed E-state index contributed by atoms with van der Waals surface area (Å²) in [6.45, 7) is 4.78. The molecule has 2 heterocycles. The third kappa shape index (κ3) is 2.90. The van der Waals surface area contributed by atoms with Gasteiger partial charge in [0.25, 0.3) is 0 Å². The van der Waals surface area contributed by atoms with E-state index >= 15 is 0 Å². The number of nitrogens with zero attached hydrogens (tertiary/aromatic N) is 2. The van der Waals surface area contributed by atoms with Crippen LogP contribution < -0.4 is 0 Å². The Bertz CT molecular complexity index is 300. The molecule has 1 fully saturated rings. The summed E-state index contributed by atoms with van der Waals surface area (Å²) in [5, 5.41) is 0. The first kappa shape index (κ1) is 10.3. The largest absolute Gasteiger partial charge is 0.379 e. The predicted molar refractivity (Wildman–Crippen MR) is 63.1 cm³/mol. The van der Waals surface area contributed by atoms with Crippen molar-refractivity contribution in [3.63, 3.8) is 0 Å². The maximum atomic E-state index is 5.30. The fourth-order valence-electron chi connectivity index (χ4n) is 1.56. The van der Waals surface area contributed by atoms with Gasteiger partial charge in [0.05, 0.1) is 13.2 Å². The summed E-state index contributed by atoms with van der Waals surface area (Å²) in [7, 11) is 0. The molecule has 0 aromatic carbocycles. The molecule has 1 aromatic rings. The number of pyridine rings is 1. The summed E-state index contributed by atoms with van der Waals surface area (Å²) in [6, 6.07) is 2.18. The van der Waals surface area contributed by atoms with Gasteiger partial charge in [0.15, 0.2) is 0 Å². The number of aromatic nitrogens is 1. The molecule has 0 bridgehead atoms. The molecular weight excluding hydrogens is 291 g/mol. The van der Waals surface area contributed by atoms with Gasteiger partial charge in [-0.25, -0.2) is 0 Å². The van der Waals surface area contributed by atoms with Crippen LogP contribution >= 0.6 is 22.6 Å². The molecule has 0 spiro atoms. The molecule has 1 aliphatic heterocycles. The molecule has 0 radical (unpaired) electrons. The lowest BCUT2D eigenvalue weighted by molar-refractivity contribution is 0.0341. The van der Waals surface area contributed by atoms with Gasteiger partial charge in [0, 0.05) is 35.6 Å². The van der Waals surface area contributed by atoms with Gasteiger partial charge in [-0.15, -0.1) is 0 Å². The molecule has 2 rings (SSSR count). The molecule has 0 N–H and O–H groups in total. The van der Waals surface area contributed by atoms with Crippen molar-refractivity contribution in [1.82, 2.24) is 9.88 Å². The molecule has 4 heteroatoms. The van der Waals surface area contributed by atoms with Gasteiger partial charge in [-0.05, 0) is 34.2 Å². The van der Waals surface area contributed by atoms with Crippen molar-refractivity contribution in [2.45, 2.75) is 6.54 Å². The van der Waals surface area contributed by atoms with Crippen molar-refractivity contribution in [1.29, 1.82) is 0 Å². The molecule has 0 unspecified atom stereocenters. The normalized spacial score (nSPS) is 18.4. The van der Waals surface area contributed by atoms with Crippen LogP contribution in [-0.4, -0.2) is 36.2 Å². The van der Waals surface area contributed by atoms with Crippen molar-refractivity contribution < 1.29 is 4.74 Å². The Morgan fingerprint density at radius 1 is 1.36 bits per heavy atom. The maximum Gasteiger partial charge on any atom is 0.0594 e. The van der Waals surface area contributed by atoms with E-state index in [9.17, 15) is 0 Å². The zero-order valence-electron chi connectivity index (χ0n) is 7.95. The zero-order chi connectivity index (χ0) is 9.80. The summed E-state index contributed by atoms with van der Waals surface area (Å²) in [5.41, 5.74) is 1.29. The highest BCUT2D eigenvalue weighted by molar-refractivity contribution is 14.1. The summed E-state index contributed by atoms with van der Waals surface area (Å²) >= 11 is 2.29. The number of hydrogen-bond acceptors (Lipinski definition) is 3. The molecule has 3 nitrogen and oxygen atoms in total. The van der Waals surface area contributed by atoms with Crippen LogP contribution in [0.2, 0.25) is 0 Å². The van der Waals surface area contributed by atoms with Gasteiger partial charge in [0.1, 0.15) is 0 Å². The molecule has 1 saturated heterocycles. The number of morpholine rings is 1. The second kappa shape index (κ2) is 5.04. The summed E-state index contributed by atoms with van der Waals surface area (Å²) in [6.07, 6.45) is 3.82. The van der Waals surface area contributed by atoms with Crippen molar-refractivity contribution in [3.8, 4) is 0 Å². The van der Waals surface area contributed by atoms with E-state index in [0.717, 1.165) is 32.8 Å². The van der Waals surface area contributed by atoms with Crippen molar-refractivity contribution in [2.75, 3.05) is 26.3 Å². The third-order valence-corrected chi connectivity index (χ3v) is 2.86. The van der Waals surface area contributed by atoms with E-state index in [1.807, 2.05) is 12.4 Å². The Hall–Kier alpha value is -0.200. The minimum atomic E-state index is 0.858. The Morgan fingerprint density at radius 3 is 2.86 bits per heavy atom. The van der Waals surface area contributed by atoms with Crippen LogP contribution in [0, 0.1) is 3.57 Å². The van der Waals surface area contributed by atoms with E-state index in [0.29, 0.717) is 0 Å². The Morgan fingerprint density at radius 2 is 2.14 bits per heavy atom. The van der Waals surface area contributed by atoms with Crippen LogP contribution in [0.15, 0.2) is 18.5 Å². The van der Waals surface area contributed by atoms with Gasteiger partial charge in [0.2, 0.25) is 0 Å². The topological polar surface area (TPSA) is 25.4 Å². The lowest BCUT2D eigenvalue weighted by atomic mass is 10.2. The minimum absolute atomic E-state index is 0.858. The second-order valence-corrected chi connectivity index (χ2v) is 4.65. The number of ether oxygens (including phenoxy) is 1. The van der Waals surface area contributed by atoms with E-state index in [1.165, 1.54) is 9.13 Å². The fourth-order valence-corrected chi connectivity index (χ4v) is 2.12. The van der Waals surface area contributed by atoms with Crippen LogP contribution in [0.1, 0.15) is 5.56 Å². The molecule has 0 amide bonds. The van der Waals surface area contributed by atoms with E-state index in [4.69, 9.17) is 4.74 Å². The molecule has 0 atom stereocenters. The fraction of sp³-hybridized carbons (Fsp3) is 0.500. The Labute approximate surface area is 97.6 Å². The molecule has 14 heavy (non-hydrogen) atoms. The van der Waals surface area contributed by atoms with E-state index in [-0.39, 0.29) is 0 Å². The maximum absolute atomic E-state index is 5.30. The highest BCUT2D eigenvalue weighted by Crippen LogP contribution is 2.09. The first-order valence-electron chi connectivity index (χ1n) is 4.74. The SMILES string of the molecule is Ic1cncc(CN2CCOCC2)c1. The lowest BCUT2D eigenvalue weighted by Crippen LogP contribution is -2.35.